The molecule has 0 aromatic carbocycles. The normalized spacial score (nSPS) is 19.0. The summed E-state index contributed by atoms with van der Waals surface area (Å²) in [6.07, 6.45) is 5.50. The van der Waals surface area contributed by atoms with Crippen molar-refractivity contribution in [1.29, 1.82) is 0 Å². The molecule has 1 amide bonds. The molecule has 4 heteroatoms. The first kappa shape index (κ1) is 17.8. The number of rotatable bonds is 7. The predicted octanol–water partition coefficient (Wildman–Crippen LogP) is 3.89. The summed E-state index contributed by atoms with van der Waals surface area (Å²) < 4.78 is 5.99. The second kappa shape index (κ2) is 8.32. The molecule has 128 valence electrons. The van der Waals surface area contributed by atoms with E-state index in [4.69, 9.17) is 4.74 Å². The highest BCUT2D eigenvalue weighted by Gasteiger charge is 2.30. The molecule has 0 radical (unpaired) electrons. The number of nitrogens with zero attached hydrogens (tertiary/aromatic N) is 2. The van der Waals surface area contributed by atoms with Gasteiger partial charge in [-0.25, -0.2) is 4.98 Å². The monoisotopic (exact) mass is 318 g/mol. The minimum Gasteiger partial charge on any atom is -0.472 e. The smallest absolute Gasteiger partial charge is 0.225 e. The molecular weight excluding hydrogens is 288 g/mol. The lowest BCUT2D eigenvalue weighted by Crippen LogP contribution is -2.34. The van der Waals surface area contributed by atoms with Crippen molar-refractivity contribution in [2.45, 2.75) is 65.9 Å². The molecule has 1 aromatic heterocycles. The summed E-state index contributed by atoms with van der Waals surface area (Å²) in [6, 6.07) is 4.00. The van der Waals surface area contributed by atoms with Crippen molar-refractivity contribution in [3.05, 3.63) is 23.4 Å². The summed E-state index contributed by atoms with van der Waals surface area (Å²) >= 11 is 0. The van der Waals surface area contributed by atoms with Crippen molar-refractivity contribution < 1.29 is 9.53 Å². The van der Waals surface area contributed by atoms with Crippen LogP contribution in [-0.2, 0) is 4.79 Å². The summed E-state index contributed by atoms with van der Waals surface area (Å²) in [5, 5.41) is 0. The van der Waals surface area contributed by atoms with Crippen LogP contribution in [0.2, 0.25) is 0 Å². The Labute approximate surface area is 140 Å². The highest BCUT2D eigenvalue weighted by Crippen LogP contribution is 2.21. The van der Waals surface area contributed by atoms with Crippen molar-refractivity contribution >= 4 is 5.91 Å². The Hall–Kier alpha value is -1.58. The van der Waals surface area contributed by atoms with Gasteiger partial charge in [0, 0.05) is 30.6 Å². The molecule has 1 aromatic rings. The molecule has 1 fully saturated rings. The van der Waals surface area contributed by atoms with Gasteiger partial charge in [0.2, 0.25) is 11.8 Å². The number of pyridine rings is 1. The quantitative estimate of drug-likeness (QED) is 0.716. The van der Waals surface area contributed by atoms with Crippen molar-refractivity contribution in [3.63, 3.8) is 0 Å². The van der Waals surface area contributed by atoms with Crippen LogP contribution in [0.5, 0.6) is 5.88 Å². The summed E-state index contributed by atoms with van der Waals surface area (Å²) in [5.74, 6) is 1.08. The largest absolute Gasteiger partial charge is 0.472 e. The second-order valence-corrected chi connectivity index (χ2v) is 6.83. The Morgan fingerprint density at radius 3 is 2.87 bits per heavy atom. The van der Waals surface area contributed by atoms with Crippen LogP contribution in [0.1, 0.15) is 57.2 Å². The lowest BCUT2D eigenvalue weighted by Gasteiger charge is -2.21. The van der Waals surface area contributed by atoms with Crippen LogP contribution in [0.15, 0.2) is 12.1 Å². The first-order valence-electron chi connectivity index (χ1n) is 8.90. The minimum absolute atomic E-state index is 0.0653. The minimum atomic E-state index is 0.0653. The van der Waals surface area contributed by atoms with Crippen LogP contribution in [0, 0.1) is 19.8 Å². The molecule has 0 aliphatic carbocycles. The van der Waals surface area contributed by atoms with Gasteiger partial charge in [0.05, 0.1) is 6.54 Å². The van der Waals surface area contributed by atoms with Crippen LogP contribution in [-0.4, -0.2) is 35.0 Å². The van der Waals surface area contributed by atoms with Crippen LogP contribution in [0.3, 0.4) is 0 Å². The molecule has 23 heavy (non-hydrogen) atoms. The van der Waals surface area contributed by atoms with E-state index in [2.05, 4.69) is 18.8 Å². The molecule has 0 saturated carbocycles. The van der Waals surface area contributed by atoms with Crippen molar-refractivity contribution in [2.75, 3.05) is 13.1 Å². The first-order valence-corrected chi connectivity index (χ1v) is 8.90. The Bertz CT molecular complexity index is 510. The number of amides is 1. The fraction of sp³-hybridized carbons (Fsp3) is 0.684. The Morgan fingerprint density at radius 1 is 1.39 bits per heavy atom. The number of carbonyl (C=O) groups excluding carboxylic acids is 1. The van der Waals surface area contributed by atoms with E-state index in [1.165, 1.54) is 12.8 Å². The number of aromatic nitrogens is 1. The Balaban J connectivity index is 1.84. The number of aryl methyl sites for hydroxylation is 2. The Kier molecular flexibility index (Phi) is 6.43. The van der Waals surface area contributed by atoms with Gasteiger partial charge in [-0.3, -0.25) is 4.79 Å². The van der Waals surface area contributed by atoms with Crippen molar-refractivity contribution in [1.82, 2.24) is 9.88 Å². The average Bonchev–Trinajstić information content (AvgIpc) is 2.94. The van der Waals surface area contributed by atoms with Crippen LogP contribution < -0.4 is 4.74 Å². The molecule has 1 aliphatic heterocycles. The van der Waals surface area contributed by atoms with Crippen molar-refractivity contribution in [2.24, 2.45) is 5.92 Å². The van der Waals surface area contributed by atoms with E-state index in [0.717, 1.165) is 37.1 Å². The molecule has 0 spiro atoms. The summed E-state index contributed by atoms with van der Waals surface area (Å²) in [5.41, 5.74) is 2.12. The van der Waals surface area contributed by atoms with Gasteiger partial charge in [-0.15, -0.1) is 0 Å². The van der Waals surface area contributed by atoms with Gasteiger partial charge in [0.1, 0.15) is 6.10 Å². The highest BCUT2D eigenvalue weighted by molar-refractivity contribution is 5.78. The summed E-state index contributed by atoms with van der Waals surface area (Å²) in [4.78, 5) is 18.9. The molecule has 1 unspecified atom stereocenters. The number of likely N-dealkylation sites (tertiary alicyclic amines) is 1. The van der Waals surface area contributed by atoms with Gasteiger partial charge >= 0.3 is 0 Å². The number of carbonyl (C=O) groups is 1. The van der Waals surface area contributed by atoms with E-state index >= 15 is 0 Å². The van der Waals surface area contributed by atoms with Gasteiger partial charge in [0.25, 0.3) is 0 Å². The lowest BCUT2D eigenvalue weighted by molar-refractivity contribution is -0.134. The van der Waals surface area contributed by atoms with Gasteiger partial charge in [-0.2, -0.15) is 0 Å². The summed E-state index contributed by atoms with van der Waals surface area (Å²) in [7, 11) is 0. The van der Waals surface area contributed by atoms with E-state index in [1.54, 1.807) is 0 Å². The van der Waals surface area contributed by atoms with Gasteiger partial charge in [-0.1, -0.05) is 33.1 Å². The third kappa shape index (κ3) is 5.22. The molecule has 1 saturated heterocycles. The maximum Gasteiger partial charge on any atom is 0.225 e. The van der Waals surface area contributed by atoms with Gasteiger partial charge in [-0.05, 0) is 31.9 Å². The standard InChI is InChI=1S/C19H30N2O2/c1-5-6-7-8-15(3)19(22)21-10-9-17(13-21)23-18-12-14(2)11-16(4)20-18/h11-12,15,17H,5-10,13H2,1-4H3/t15?,17-/m1/s1. The molecule has 1 aliphatic rings. The highest BCUT2D eigenvalue weighted by atomic mass is 16.5. The average molecular weight is 318 g/mol. The van der Waals surface area contributed by atoms with Gasteiger partial charge < -0.3 is 9.64 Å². The van der Waals surface area contributed by atoms with Gasteiger partial charge in [0.15, 0.2) is 0 Å². The second-order valence-electron chi connectivity index (χ2n) is 6.83. The molecular formula is C19H30N2O2. The van der Waals surface area contributed by atoms with E-state index in [9.17, 15) is 4.79 Å². The number of hydrogen-bond acceptors (Lipinski definition) is 3. The first-order chi connectivity index (χ1) is 11.0. The number of ether oxygens (including phenoxy) is 1. The number of hydrogen-bond donors (Lipinski definition) is 0. The molecule has 2 rings (SSSR count). The maximum atomic E-state index is 12.5. The zero-order valence-corrected chi connectivity index (χ0v) is 15.0. The maximum absolute atomic E-state index is 12.5. The topological polar surface area (TPSA) is 42.4 Å². The third-order valence-corrected chi connectivity index (χ3v) is 4.48. The Morgan fingerprint density at radius 2 is 2.17 bits per heavy atom. The lowest BCUT2D eigenvalue weighted by atomic mass is 10.0. The zero-order chi connectivity index (χ0) is 16.8. The predicted molar refractivity (Wildman–Crippen MR) is 92.6 cm³/mol. The molecule has 2 atom stereocenters. The fourth-order valence-corrected chi connectivity index (χ4v) is 3.20. The molecule has 2 heterocycles. The zero-order valence-electron chi connectivity index (χ0n) is 15.0. The SMILES string of the molecule is CCCCCC(C)C(=O)N1CC[C@@H](Oc2cc(C)cc(C)n2)C1. The molecule has 0 bridgehead atoms. The fourth-order valence-electron chi connectivity index (χ4n) is 3.20. The molecule has 4 nitrogen and oxygen atoms in total. The number of unbranched alkanes of at least 4 members (excludes halogenated alkanes) is 2. The van der Waals surface area contributed by atoms with E-state index < -0.39 is 0 Å². The van der Waals surface area contributed by atoms with E-state index in [0.29, 0.717) is 12.4 Å². The summed E-state index contributed by atoms with van der Waals surface area (Å²) in [6.45, 7) is 9.75. The van der Waals surface area contributed by atoms with Crippen LogP contribution >= 0.6 is 0 Å². The van der Waals surface area contributed by atoms with Crippen molar-refractivity contribution in [3.8, 4) is 5.88 Å². The van der Waals surface area contributed by atoms with E-state index in [1.807, 2.05) is 30.9 Å². The molecule has 0 N–H and O–H groups in total. The third-order valence-electron chi connectivity index (χ3n) is 4.48. The van der Waals surface area contributed by atoms with E-state index in [-0.39, 0.29) is 17.9 Å². The van der Waals surface area contributed by atoms with Crippen LogP contribution in [0.4, 0.5) is 0 Å². The van der Waals surface area contributed by atoms with Crippen LogP contribution in [0.25, 0.3) is 0 Å².